The molecule has 2 nitrogen and oxygen atoms in total. The Hall–Kier alpha value is 1.31. The molecule has 0 aliphatic heterocycles. The van der Waals surface area contributed by atoms with Crippen molar-refractivity contribution in [1.82, 2.24) is 0 Å². The van der Waals surface area contributed by atoms with Crippen molar-refractivity contribution in [3.8, 4) is 11.5 Å². The van der Waals surface area contributed by atoms with Gasteiger partial charge in [-0.1, -0.05) is 58.7 Å². The van der Waals surface area contributed by atoms with Crippen molar-refractivity contribution in [3.63, 3.8) is 0 Å². The summed E-state index contributed by atoms with van der Waals surface area (Å²) in [4.78, 5) is 0. The Labute approximate surface area is 199 Å². The van der Waals surface area contributed by atoms with Crippen LogP contribution < -0.4 is 113 Å². The van der Waals surface area contributed by atoms with Crippen LogP contribution in [0.3, 0.4) is 0 Å². The third-order valence-electron chi connectivity index (χ3n) is 2.81. The summed E-state index contributed by atoms with van der Waals surface area (Å²) in [6, 6.07) is 10.4. The maximum absolute atomic E-state index is 11.7. The SMILES string of the molecule is Cc1ccc([O-])c(Cc2cc(C)ccc2[O-])c1.[K+].[K+]. The minimum atomic E-state index is -0.00324. The smallest absolute Gasteiger partial charge is 0.872 e. The van der Waals surface area contributed by atoms with Crippen LogP contribution in [0.15, 0.2) is 36.4 Å². The molecule has 19 heavy (non-hydrogen) atoms. The Balaban J connectivity index is 0.00000162. The van der Waals surface area contributed by atoms with Crippen molar-refractivity contribution >= 4 is 0 Å². The second-order valence-corrected chi connectivity index (χ2v) is 4.40. The molecule has 0 saturated carbocycles. The van der Waals surface area contributed by atoms with Crippen LogP contribution in [-0.4, -0.2) is 0 Å². The number of aryl methyl sites for hydroxylation is 2. The summed E-state index contributed by atoms with van der Waals surface area (Å²) in [6.07, 6.45) is 0.418. The number of rotatable bonds is 2. The third kappa shape index (κ3) is 5.90. The first-order valence-electron chi connectivity index (χ1n) is 5.59. The van der Waals surface area contributed by atoms with E-state index in [1.807, 2.05) is 26.0 Å². The van der Waals surface area contributed by atoms with Gasteiger partial charge in [-0.2, -0.15) is 0 Å². The molecule has 2 rings (SSSR count). The van der Waals surface area contributed by atoms with Crippen LogP contribution in [0.1, 0.15) is 22.3 Å². The van der Waals surface area contributed by atoms with E-state index in [0.717, 1.165) is 11.1 Å². The molecule has 0 saturated heterocycles. The summed E-state index contributed by atoms with van der Waals surface area (Å²) < 4.78 is 0. The number of benzene rings is 2. The number of hydrogen-bond acceptors (Lipinski definition) is 2. The summed E-state index contributed by atoms with van der Waals surface area (Å²) in [6.45, 7) is 3.88. The predicted octanol–water partition coefficient (Wildman–Crippen LogP) is -3.95. The average molecular weight is 304 g/mol. The summed E-state index contributed by atoms with van der Waals surface area (Å²) in [5.74, 6) is -0.00647. The second kappa shape index (κ2) is 9.35. The van der Waals surface area contributed by atoms with Gasteiger partial charge in [0.25, 0.3) is 0 Å². The molecule has 0 aromatic heterocycles. The van der Waals surface area contributed by atoms with Crippen LogP contribution in [0, 0.1) is 13.8 Å². The molecular weight excluding hydrogens is 290 g/mol. The Kier molecular flexibility index (Phi) is 10.0. The van der Waals surface area contributed by atoms with E-state index >= 15 is 0 Å². The molecule has 0 aliphatic rings. The van der Waals surface area contributed by atoms with E-state index in [-0.39, 0.29) is 114 Å². The molecule has 0 spiro atoms. The van der Waals surface area contributed by atoms with Crippen LogP contribution in [0.25, 0.3) is 0 Å². The zero-order chi connectivity index (χ0) is 12.4. The topological polar surface area (TPSA) is 46.1 Å². The van der Waals surface area contributed by atoms with Gasteiger partial charge in [-0.3, -0.25) is 0 Å². The van der Waals surface area contributed by atoms with Gasteiger partial charge in [-0.05, 0) is 20.3 Å². The molecule has 0 N–H and O–H groups in total. The van der Waals surface area contributed by atoms with Crippen molar-refractivity contribution in [3.05, 3.63) is 58.7 Å². The number of hydrogen-bond donors (Lipinski definition) is 0. The predicted molar refractivity (Wildman–Crippen MR) is 64.1 cm³/mol. The zero-order valence-electron chi connectivity index (χ0n) is 12.0. The molecule has 2 aromatic rings. The Morgan fingerprint density at radius 3 is 1.47 bits per heavy atom. The molecule has 0 atom stereocenters. The fourth-order valence-corrected chi connectivity index (χ4v) is 1.90. The molecule has 4 heteroatoms. The van der Waals surface area contributed by atoms with Gasteiger partial charge in [-0.15, -0.1) is 11.5 Å². The first-order chi connectivity index (χ1) is 8.06. The van der Waals surface area contributed by atoms with Crippen molar-refractivity contribution in [1.29, 1.82) is 0 Å². The van der Waals surface area contributed by atoms with Gasteiger partial charge in [0.1, 0.15) is 0 Å². The van der Waals surface area contributed by atoms with Crippen molar-refractivity contribution in [2.24, 2.45) is 0 Å². The van der Waals surface area contributed by atoms with E-state index in [0.29, 0.717) is 17.5 Å². The van der Waals surface area contributed by atoms with E-state index in [1.54, 1.807) is 24.3 Å². The summed E-state index contributed by atoms with van der Waals surface area (Å²) in [5.41, 5.74) is 3.46. The van der Waals surface area contributed by atoms with Gasteiger partial charge < -0.3 is 10.2 Å². The maximum atomic E-state index is 11.7. The molecule has 0 radical (unpaired) electrons. The van der Waals surface area contributed by atoms with Gasteiger partial charge >= 0.3 is 103 Å². The van der Waals surface area contributed by atoms with E-state index < -0.39 is 0 Å². The molecule has 2 aromatic carbocycles. The summed E-state index contributed by atoms with van der Waals surface area (Å²) in [5, 5.41) is 23.3. The quantitative estimate of drug-likeness (QED) is 0.532. The Bertz CT molecular complexity index is 504. The van der Waals surface area contributed by atoms with Crippen LogP contribution >= 0.6 is 0 Å². The van der Waals surface area contributed by atoms with E-state index in [2.05, 4.69) is 0 Å². The molecule has 88 valence electrons. The van der Waals surface area contributed by atoms with Gasteiger partial charge in [0.15, 0.2) is 0 Å². The normalized spacial score (nSPS) is 9.37. The first kappa shape index (κ1) is 20.3. The van der Waals surface area contributed by atoms with Gasteiger partial charge in [0.05, 0.1) is 0 Å². The Morgan fingerprint density at radius 2 is 1.11 bits per heavy atom. The standard InChI is InChI=1S/C15H16O2.2K/c1-10-3-5-14(16)12(7-10)9-13-8-11(2)4-6-15(13)17;;/h3-8,16-17H,9H2,1-2H3;;/q;2*+1/p-2. The van der Waals surface area contributed by atoms with Crippen LogP contribution in [0.2, 0.25) is 0 Å². The molecule has 0 aliphatic carbocycles. The van der Waals surface area contributed by atoms with Crippen LogP contribution in [-0.2, 0) is 6.42 Å². The summed E-state index contributed by atoms with van der Waals surface area (Å²) >= 11 is 0. The fourth-order valence-electron chi connectivity index (χ4n) is 1.90. The molecule has 0 unspecified atom stereocenters. The third-order valence-corrected chi connectivity index (χ3v) is 2.81. The Morgan fingerprint density at radius 1 is 0.737 bits per heavy atom. The minimum Gasteiger partial charge on any atom is -0.872 e. The zero-order valence-corrected chi connectivity index (χ0v) is 18.2. The van der Waals surface area contributed by atoms with Crippen LogP contribution in [0.5, 0.6) is 11.5 Å². The van der Waals surface area contributed by atoms with E-state index in [4.69, 9.17) is 0 Å². The van der Waals surface area contributed by atoms with Gasteiger partial charge in [0.2, 0.25) is 0 Å². The van der Waals surface area contributed by atoms with Gasteiger partial charge in [-0.25, -0.2) is 0 Å². The van der Waals surface area contributed by atoms with E-state index in [1.165, 1.54) is 0 Å². The van der Waals surface area contributed by atoms with Crippen molar-refractivity contribution < 1.29 is 113 Å². The second-order valence-electron chi connectivity index (χ2n) is 4.40. The summed E-state index contributed by atoms with van der Waals surface area (Å²) in [7, 11) is 0. The van der Waals surface area contributed by atoms with Crippen molar-refractivity contribution in [2.75, 3.05) is 0 Å². The average Bonchev–Trinajstić information content (AvgIpc) is 2.28. The minimum absolute atomic E-state index is 0. The van der Waals surface area contributed by atoms with Crippen LogP contribution in [0.4, 0.5) is 0 Å². The molecular formula is C15H14K2O2. The monoisotopic (exact) mass is 304 g/mol. The molecule has 0 fully saturated rings. The molecule has 0 heterocycles. The largest absolute Gasteiger partial charge is 1.00 e. The first-order valence-corrected chi connectivity index (χ1v) is 5.59. The van der Waals surface area contributed by atoms with E-state index in [9.17, 15) is 10.2 Å². The van der Waals surface area contributed by atoms with Gasteiger partial charge in [0, 0.05) is 0 Å². The van der Waals surface area contributed by atoms with Crippen molar-refractivity contribution in [2.45, 2.75) is 20.3 Å². The fraction of sp³-hybridized carbons (Fsp3) is 0.200. The maximum Gasteiger partial charge on any atom is 1.00 e. The molecule has 0 amide bonds. The molecule has 0 bridgehead atoms.